The van der Waals surface area contributed by atoms with E-state index in [-0.39, 0.29) is 43.4 Å². The molecule has 15 nitrogen and oxygen atoms in total. The lowest BCUT2D eigenvalue weighted by Gasteiger charge is -2.28. The van der Waals surface area contributed by atoms with Crippen LogP contribution in [0.3, 0.4) is 0 Å². The van der Waals surface area contributed by atoms with Crippen LogP contribution in [0.2, 0.25) is 0 Å². The molecule has 2 rings (SSSR count). The second-order valence-electron chi connectivity index (χ2n) is 10.0. The van der Waals surface area contributed by atoms with Gasteiger partial charge in [0.25, 0.3) is 0 Å². The highest BCUT2D eigenvalue weighted by molar-refractivity contribution is 5.94. The van der Waals surface area contributed by atoms with E-state index in [4.69, 9.17) is 17.2 Å². The number of aliphatic carboxylic acids is 1. The molecule has 1 aromatic heterocycles. The highest BCUT2D eigenvalue weighted by atomic mass is 16.4. The molecule has 230 valence electrons. The zero-order valence-corrected chi connectivity index (χ0v) is 23.7. The van der Waals surface area contributed by atoms with E-state index in [1.165, 1.54) is 24.7 Å². The molecule has 0 aliphatic carbocycles. The quantitative estimate of drug-likeness (QED) is 0.0610. The van der Waals surface area contributed by atoms with Crippen LogP contribution >= 0.6 is 0 Å². The van der Waals surface area contributed by atoms with Crippen molar-refractivity contribution in [3.63, 3.8) is 0 Å². The summed E-state index contributed by atoms with van der Waals surface area (Å²) in [7, 11) is 0. The molecule has 5 unspecified atom stereocenters. The maximum Gasteiger partial charge on any atom is 0.326 e. The highest BCUT2D eigenvalue weighted by Crippen LogP contribution is 2.14. The van der Waals surface area contributed by atoms with Gasteiger partial charge in [-0.25, -0.2) is 9.78 Å². The number of hydrogen-bond acceptors (Lipinski definition) is 8. The summed E-state index contributed by atoms with van der Waals surface area (Å²) in [6.07, 6.45) is 4.03. The number of phenolic OH excluding ortho intramolecular Hbond substituents is 1. The maximum atomic E-state index is 13.6. The van der Waals surface area contributed by atoms with Gasteiger partial charge in [-0.15, -0.1) is 0 Å². The molecule has 2 aromatic rings. The first kappa shape index (κ1) is 33.5. The number of benzene rings is 1. The number of phenols is 1. The summed E-state index contributed by atoms with van der Waals surface area (Å²) in [5.74, 6) is -3.65. The van der Waals surface area contributed by atoms with E-state index in [0.717, 1.165) is 0 Å². The van der Waals surface area contributed by atoms with E-state index in [1.54, 1.807) is 19.1 Å². The van der Waals surface area contributed by atoms with Crippen LogP contribution in [-0.4, -0.2) is 80.5 Å². The van der Waals surface area contributed by atoms with Crippen LogP contribution in [0.5, 0.6) is 5.75 Å². The van der Waals surface area contributed by atoms with Crippen molar-refractivity contribution >= 4 is 29.7 Å². The highest BCUT2D eigenvalue weighted by Gasteiger charge is 2.33. The van der Waals surface area contributed by atoms with Crippen molar-refractivity contribution in [1.29, 1.82) is 0 Å². The van der Waals surface area contributed by atoms with Gasteiger partial charge >= 0.3 is 5.97 Å². The van der Waals surface area contributed by atoms with Gasteiger partial charge in [0.2, 0.25) is 17.7 Å². The molecule has 3 amide bonds. The average Bonchev–Trinajstić information content (AvgIpc) is 3.46. The van der Waals surface area contributed by atoms with Gasteiger partial charge in [-0.2, -0.15) is 0 Å². The van der Waals surface area contributed by atoms with Crippen LogP contribution in [0.15, 0.2) is 41.8 Å². The summed E-state index contributed by atoms with van der Waals surface area (Å²) in [5, 5.41) is 27.1. The number of aromatic amines is 1. The number of aromatic nitrogens is 2. The molecule has 0 aliphatic heterocycles. The minimum absolute atomic E-state index is 0.0326. The molecule has 0 radical (unpaired) electrons. The second kappa shape index (κ2) is 16.6. The number of nitrogens with zero attached hydrogens (tertiary/aromatic N) is 2. The summed E-state index contributed by atoms with van der Waals surface area (Å²) in [4.78, 5) is 62.2. The fourth-order valence-corrected chi connectivity index (χ4v) is 4.06. The number of aliphatic imine (C=N–C) groups is 1. The standard InChI is InChI=1S/C27H41N9O6/c1-3-15(2)22(25(40)34-20(26(41)42)5-4-10-32-27(29)30)36-24(39)21(11-16-6-8-18(37)9-7-16)35-23(38)19(28)12-17-13-31-14-33-17/h6-9,13-15,19-22,37H,3-5,10-12,28H2,1-2H3,(H,31,33)(H,34,40)(H,35,38)(H,36,39)(H,41,42)(H4,29,30,32). The van der Waals surface area contributed by atoms with Crippen molar-refractivity contribution in [3.8, 4) is 5.75 Å². The number of guanidine groups is 1. The zero-order chi connectivity index (χ0) is 31.2. The molecular weight excluding hydrogens is 546 g/mol. The van der Waals surface area contributed by atoms with Crippen molar-refractivity contribution < 1.29 is 29.4 Å². The van der Waals surface area contributed by atoms with Crippen molar-refractivity contribution in [3.05, 3.63) is 48.0 Å². The summed E-state index contributed by atoms with van der Waals surface area (Å²) in [6, 6.07) is 1.64. The minimum atomic E-state index is -1.24. The molecule has 0 spiro atoms. The Morgan fingerprint density at radius 3 is 2.24 bits per heavy atom. The molecule has 0 fully saturated rings. The van der Waals surface area contributed by atoms with Gasteiger partial charge in [0.15, 0.2) is 5.96 Å². The third kappa shape index (κ3) is 11.1. The normalized spacial score (nSPS) is 14.5. The molecule has 15 heteroatoms. The molecule has 0 saturated carbocycles. The lowest BCUT2D eigenvalue weighted by molar-refractivity contribution is -0.142. The maximum absolute atomic E-state index is 13.6. The summed E-state index contributed by atoms with van der Waals surface area (Å²) in [5.41, 5.74) is 17.9. The predicted molar refractivity (Wildman–Crippen MR) is 155 cm³/mol. The smallest absolute Gasteiger partial charge is 0.326 e. The Balaban J connectivity index is 2.20. The van der Waals surface area contributed by atoms with Crippen LogP contribution < -0.4 is 33.2 Å². The molecule has 1 heterocycles. The Hall–Kier alpha value is -4.66. The van der Waals surface area contributed by atoms with Gasteiger partial charge in [0.05, 0.1) is 12.4 Å². The third-order valence-corrected chi connectivity index (χ3v) is 6.69. The van der Waals surface area contributed by atoms with E-state index < -0.39 is 47.9 Å². The van der Waals surface area contributed by atoms with Gasteiger partial charge in [-0.1, -0.05) is 32.4 Å². The summed E-state index contributed by atoms with van der Waals surface area (Å²) >= 11 is 0. The largest absolute Gasteiger partial charge is 0.508 e. The number of rotatable bonds is 17. The SMILES string of the molecule is CCC(C)C(NC(=O)C(Cc1ccc(O)cc1)NC(=O)C(N)Cc1cnc[nH]1)C(=O)NC(CCCN=C(N)N)C(=O)O. The average molecular weight is 588 g/mol. The number of carbonyl (C=O) groups is 4. The van der Waals surface area contributed by atoms with E-state index in [1.807, 2.05) is 6.92 Å². The first-order valence-corrected chi connectivity index (χ1v) is 13.6. The number of nitrogens with one attached hydrogen (secondary N) is 4. The fourth-order valence-electron chi connectivity index (χ4n) is 4.06. The van der Waals surface area contributed by atoms with Gasteiger partial charge in [-0.05, 0) is 36.5 Å². The molecule has 1 aromatic carbocycles. The van der Waals surface area contributed by atoms with Crippen molar-refractivity contribution in [2.45, 2.75) is 70.1 Å². The summed E-state index contributed by atoms with van der Waals surface area (Å²) in [6.45, 7) is 3.76. The van der Waals surface area contributed by atoms with Crippen molar-refractivity contribution in [2.24, 2.45) is 28.1 Å². The Morgan fingerprint density at radius 2 is 1.67 bits per heavy atom. The minimum Gasteiger partial charge on any atom is -0.508 e. The Morgan fingerprint density at radius 1 is 1.00 bits per heavy atom. The molecule has 0 saturated heterocycles. The number of H-pyrrole nitrogens is 1. The molecule has 5 atom stereocenters. The number of carboxylic acids is 1. The molecule has 12 N–H and O–H groups in total. The van der Waals surface area contributed by atoms with E-state index in [9.17, 15) is 29.4 Å². The third-order valence-electron chi connectivity index (χ3n) is 6.69. The van der Waals surface area contributed by atoms with Gasteiger partial charge in [0.1, 0.15) is 23.9 Å². The Kier molecular flexibility index (Phi) is 13.2. The molecule has 0 bridgehead atoms. The van der Waals surface area contributed by atoms with Crippen LogP contribution in [-0.2, 0) is 32.0 Å². The van der Waals surface area contributed by atoms with E-state index >= 15 is 0 Å². The zero-order valence-electron chi connectivity index (χ0n) is 23.7. The van der Waals surface area contributed by atoms with Crippen LogP contribution in [0.25, 0.3) is 0 Å². The number of nitrogens with two attached hydrogens (primary N) is 3. The van der Waals surface area contributed by atoms with Crippen molar-refractivity contribution in [2.75, 3.05) is 6.54 Å². The van der Waals surface area contributed by atoms with Gasteiger partial charge < -0.3 is 48.3 Å². The number of amides is 3. The number of imidazole rings is 1. The predicted octanol–water partition coefficient (Wildman–Crippen LogP) is -1.13. The lowest BCUT2D eigenvalue weighted by atomic mass is 9.96. The fraction of sp³-hybridized carbons (Fsp3) is 0.481. The number of aromatic hydroxyl groups is 1. The van der Waals surface area contributed by atoms with Crippen LogP contribution in [0.4, 0.5) is 0 Å². The van der Waals surface area contributed by atoms with Crippen molar-refractivity contribution in [1.82, 2.24) is 25.9 Å². The van der Waals surface area contributed by atoms with Crippen LogP contribution in [0.1, 0.15) is 44.4 Å². The Labute approximate surface area is 243 Å². The second-order valence-corrected chi connectivity index (χ2v) is 10.0. The molecule has 0 aliphatic rings. The first-order chi connectivity index (χ1) is 19.9. The van der Waals surface area contributed by atoms with Crippen LogP contribution in [0, 0.1) is 5.92 Å². The number of hydrogen-bond donors (Lipinski definition) is 9. The topological polar surface area (TPSA) is 264 Å². The monoisotopic (exact) mass is 587 g/mol. The van der Waals surface area contributed by atoms with Gasteiger partial charge in [0, 0.05) is 31.3 Å². The molecule has 42 heavy (non-hydrogen) atoms. The number of carboxylic acid groups (broad SMARTS) is 1. The van der Waals surface area contributed by atoms with E-state index in [0.29, 0.717) is 24.1 Å². The Bertz CT molecular complexity index is 1200. The molecular formula is C27H41N9O6. The lowest BCUT2D eigenvalue weighted by Crippen LogP contribution is -2.59. The number of carbonyl (C=O) groups excluding carboxylic acids is 3. The first-order valence-electron chi connectivity index (χ1n) is 13.6. The van der Waals surface area contributed by atoms with Gasteiger partial charge in [-0.3, -0.25) is 19.4 Å². The van der Waals surface area contributed by atoms with E-state index in [2.05, 4.69) is 30.9 Å². The summed E-state index contributed by atoms with van der Waals surface area (Å²) < 4.78 is 0.